The third-order valence-electron chi connectivity index (χ3n) is 4.60. The van der Waals surface area contributed by atoms with E-state index in [1.165, 1.54) is 29.9 Å². The Hall–Kier alpha value is -0.910. The molecular formula is C19H32N2O2S. The summed E-state index contributed by atoms with van der Waals surface area (Å²) in [5, 5.41) is 3.67. The van der Waals surface area contributed by atoms with Crippen molar-refractivity contribution in [2.24, 2.45) is 0 Å². The van der Waals surface area contributed by atoms with E-state index in [4.69, 9.17) is 9.47 Å². The molecule has 136 valence electrons. The molecule has 0 aliphatic carbocycles. The van der Waals surface area contributed by atoms with E-state index in [1.807, 2.05) is 6.07 Å². The van der Waals surface area contributed by atoms with Gasteiger partial charge in [0.15, 0.2) is 11.5 Å². The van der Waals surface area contributed by atoms with E-state index in [0.717, 1.165) is 37.7 Å². The third-order valence-corrected chi connectivity index (χ3v) is 5.65. The number of nitrogens with one attached hydrogen (secondary N) is 1. The number of benzene rings is 1. The molecule has 1 saturated heterocycles. The summed E-state index contributed by atoms with van der Waals surface area (Å²) in [6.07, 6.45) is 2.54. The molecule has 1 aliphatic rings. The van der Waals surface area contributed by atoms with Gasteiger partial charge in [0.2, 0.25) is 0 Å². The van der Waals surface area contributed by atoms with Gasteiger partial charge in [0.25, 0.3) is 0 Å². The van der Waals surface area contributed by atoms with E-state index in [2.05, 4.69) is 48.0 Å². The molecule has 1 aliphatic heterocycles. The van der Waals surface area contributed by atoms with E-state index >= 15 is 0 Å². The lowest BCUT2D eigenvalue weighted by Crippen LogP contribution is -2.32. The smallest absolute Gasteiger partial charge is 0.161 e. The lowest BCUT2D eigenvalue weighted by molar-refractivity contribution is 0.217. The first-order valence-corrected chi connectivity index (χ1v) is 10.3. The standard InChI is InChI=1S/C19H32N2O2S/c1-4-21(5-2)10-11-23-18-7-6-16(14-19(18)22-3)15-20-17-8-12-24-13-9-17/h6-7,14,17,20H,4-5,8-13,15H2,1-3H3. The highest BCUT2D eigenvalue weighted by Gasteiger charge is 2.13. The van der Waals surface area contributed by atoms with Crippen LogP contribution in [-0.4, -0.2) is 55.8 Å². The van der Waals surface area contributed by atoms with Gasteiger partial charge in [-0.25, -0.2) is 0 Å². The van der Waals surface area contributed by atoms with Crippen molar-refractivity contribution in [2.45, 2.75) is 39.3 Å². The maximum absolute atomic E-state index is 5.92. The average Bonchev–Trinajstić information content (AvgIpc) is 2.65. The number of hydrogen-bond acceptors (Lipinski definition) is 5. The number of ether oxygens (including phenoxy) is 2. The summed E-state index contributed by atoms with van der Waals surface area (Å²) in [5.41, 5.74) is 1.25. The second kappa shape index (κ2) is 10.9. The van der Waals surface area contributed by atoms with Crippen molar-refractivity contribution in [1.82, 2.24) is 10.2 Å². The molecule has 0 spiro atoms. The zero-order chi connectivity index (χ0) is 17.2. The van der Waals surface area contributed by atoms with Crippen LogP contribution in [-0.2, 0) is 6.54 Å². The second-order valence-corrected chi connectivity index (χ2v) is 7.35. The van der Waals surface area contributed by atoms with Crippen molar-refractivity contribution < 1.29 is 9.47 Å². The van der Waals surface area contributed by atoms with Gasteiger partial charge >= 0.3 is 0 Å². The summed E-state index contributed by atoms with van der Waals surface area (Å²) >= 11 is 2.06. The monoisotopic (exact) mass is 352 g/mol. The van der Waals surface area contributed by atoms with Gasteiger partial charge in [0.1, 0.15) is 6.61 Å². The number of nitrogens with zero attached hydrogens (tertiary/aromatic N) is 1. The minimum atomic E-state index is 0.655. The van der Waals surface area contributed by atoms with Crippen molar-refractivity contribution in [3.8, 4) is 11.5 Å². The predicted molar refractivity (Wildman–Crippen MR) is 103 cm³/mol. The van der Waals surface area contributed by atoms with E-state index < -0.39 is 0 Å². The zero-order valence-corrected chi connectivity index (χ0v) is 16.2. The second-order valence-electron chi connectivity index (χ2n) is 6.13. The number of methoxy groups -OCH3 is 1. The van der Waals surface area contributed by atoms with Gasteiger partial charge < -0.3 is 19.7 Å². The molecule has 24 heavy (non-hydrogen) atoms. The summed E-state index contributed by atoms with van der Waals surface area (Å²) in [7, 11) is 1.71. The van der Waals surface area contributed by atoms with Crippen LogP contribution in [0.1, 0.15) is 32.3 Å². The maximum Gasteiger partial charge on any atom is 0.161 e. The van der Waals surface area contributed by atoms with Crippen molar-refractivity contribution in [3.05, 3.63) is 23.8 Å². The van der Waals surface area contributed by atoms with Crippen LogP contribution < -0.4 is 14.8 Å². The molecule has 0 amide bonds. The molecule has 0 saturated carbocycles. The summed E-state index contributed by atoms with van der Waals surface area (Å²) in [4.78, 5) is 2.35. The van der Waals surface area contributed by atoms with Crippen LogP contribution >= 0.6 is 11.8 Å². The van der Waals surface area contributed by atoms with E-state index in [-0.39, 0.29) is 0 Å². The van der Waals surface area contributed by atoms with Gasteiger partial charge in [-0.2, -0.15) is 11.8 Å². The van der Waals surface area contributed by atoms with E-state index in [0.29, 0.717) is 12.6 Å². The Labute approximate surface area is 151 Å². The minimum Gasteiger partial charge on any atom is -0.493 e. The van der Waals surface area contributed by atoms with Crippen molar-refractivity contribution in [2.75, 3.05) is 44.9 Å². The fourth-order valence-corrected chi connectivity index (χ4v) is 4.04. The highest BCUT2D eigenvalue weighted by Crippen LogP contribution is 2.28. The van der Waals surface area contributed by atoms with E-state index in [9.17, 15) is 0 Å². The molecule has 0 unspecified atom stereocenters. The topological polar surface area (TPSA) is 33.7 Å². The van der Waals surface area contributed by atoms with Gasteiger partial charge in [-0.1, -0.05) is 19.9 Å². The van der Waals surface area contributed by atoms with E-state index in [1.54, 1.807) is 7.11 Å². The van der Waals surface area contributed by atoms with Gasteiger partial charge in [0, 0.05) is 19.1 Å². The quantitative estimate of drug-likeness (QED) is 0.698. The fraction of sp³-hybridized carbons (Fsp3) is 0.684. The number of rotatable bonds is 10. The Kier molecular flexibility index (Phi) is 8.78. The molecular weight excluding hydrogens is 320 g/mol. The minimum absolute atomic E-state index is 0.655. The molecule has 4 nitrogen and oxygen atoms in total. The highest BCUT2D eigenvalue weighted by molar-refractivity contribution is 7.99. The van der Waals surface area contributed by atoms with Gasteiger partial charge in [-0.05, 0) is 55.1 Å². The molecule has 1 heterocycles. The normalized spacial score (nSPS) is 15.7. The Morgan fingerprint density at radius 2 is 1.92 bits per heavy atom. The average molecular weight is 353 g/mol. The first-order chi connectivity index (χ1) is 11.8. The van der Waals surface area contributed by atoms with Crippen LogP contribution in [0.5, 0.6) is 11.5 Å². The van der Waals surface area contributed by atoms with Gasteiger partial charge in [-0.3, -0.25) is 0 Å². The number of thioether (sulfide) groups is 1. The largest absolute Gasteiger partial charge is 0.493 e. The lowest BCUT2D eigenvalue weighted by atomic mass is 10.1. The van der Waals surface area contributed by atoms with Gasteiger partial charge in [-0.15, -0.1) is 0 Å². The molecule has 1 fully saturated rings. The number of likely N-dealkylation sites (N-methyl/N-ethyl adjacent to an activating group) is 1. The van der Waals surface area contributed by atoms with Crippen LogP contribution in [0.4, 0.5) is 0 Å². The Balaban J connectivity index is 1.84. The zero-order valence-electron chi connectivity index (χ0n) is 15.3. The van der Waals surface area contributed by atoms with Crippen LogP contribution in [0.2, 0.25) is 0 Å². The summed E-state index contributed by atoms with van der Waals surface area (Å²) in [5.74, 6) is 4.22. The number of hydrogen-bond donors (Lipinski definition) is 1. The molecule has 2 rings (SSSR count). The molecule has 0 radical (unpaired) electrons. The highest BCUT2D eigenvalue weighted by atomic mass is 32.2. The summed E-state index contributed by atoms with van der Waals surface area (Å²) in [6.45, 7) is 9.00. The molecule has 1 N–H and O–H groups in total. The van der Waals surface area contributed by atoms with Crippen molar-refractivity contribution in [3.63, 3.8) is 0 Å². The Bertz CT molecular complexity index is 474. The SMILES string of the molecule is CCN(CC)CCOc1ccc(CNC2CCSCC2)cc1OC. The molecule has 1 aromatic carbocycles. The third kappa shape index (κ3) is 6.19. The first-order valence-electron chi connectivity index (χ1n) is 9.10. The lowest BCUT2D eigenvalue weighted by Gasteiger charge is -2.23. The first kappa shape index (κ1) is 19.4. The summed E-state index contributed by atoms with van der Waals surface area (Å²) in [6, 6.07) is 6.92. The maximum atomic E-state index is 5.92. The fourth-order valence-electron chi connectivity index (χ4n) is 2.93. The molecule has 1 aromatic rings. The van der Waals surface area contributed by atoms with Crippen LogP contribution in [0, 0.1) is 0 Å². The van der Waals surface area contributed by atoms with Crippen LogP contribution in [0.3, 0.4) is 0 Å². The Morgan fingerprint density at radius 3 is 2.58 bits per heavy atom. The van der Waals surface area contributed by atoms with Crippen molar-refractivity contribution >= 4 is 11.8 Å². The van der Waals surface area contributed by atoms with Crippen LogP contribution in [0.15, 0.2) is 18.2 Å². The molecule has 0 aromatic heterocycles. The predicted octanol–water partition coefficient (Wildman–Crippen LogP) is 3.40. The molecule has 0 bridgehead atoms. The molecule has 0 atom stereocenters. The summed E-state index contributed by atoms with van der Waals surface area (Å²) < 4.78 is 11.4. The van der Waals surface area contributed by atoms with Crippen LogP contribution in [0.25, 0.3) is 0 Å². The van der Waals surface area contributed by atoms with Crippen molar-refractivity contribution in [1.29, 1.82) is 0 Å². The molecule has 5 heteroatoms. The van der Waals surface area contributed by atoms with Gasteiger partial charge in [0.05, 0.1) is 7.11 Å². The Morgan fingerprint density at radius 1 is 1.17 bits per heavy atom.